The van der Waals surface area contributed by atoms with Crippen molar-refractivity contribution in [2.45, 2.75) is 50.5 Å². The number of halogens is 1. The van der Waals surface area contributed by atoms with Crippen LogP contribution < -0.4 is 10.6 Å². The zero-order valence-electron chi connectivity index (χ0n) is 11.9. The van der Waals surface area contributed by atoms with Crippen molar-refractivity contribution in [1.82, 2.24) is 0 Å². The lowest BCUT2D eigenvalue weighted by Crippen LogP contribution is -2.46. The minimum Gasteiger partial charge on any atom is -0.368 e. The number of fused-ring (bicyclic) bond motifs is 2. The molecule has 2 N–H and O–H groups in total. The van der Waals surface area contributed by atoms with Gasteiger partial charge in [0.25, 0.3) is 0 Å². The van der Waals surface area contributed by atoms with E-state index < -0.39 is 0 Å². The molecule has 0 unspecified atom stereocenters. The van der Waals surface area contributed by atoms with Crippen LogP contribution in [-0.2, 0) is 5.41 Å². The van der Waals surface area contributed by atoms with Crippen molar-refractivity contribution < 1.29 is 4.39 Å². The Balaban J connectivity index is 2.03. The zero-order chi connectivity index (χ0) is 13.7. The number of anilines is 1. The van der Waals surface area contributed by atoms with Crippen molar-refractivity contribution in [3.05, 3.63) is 29.6 Å². The van der Waals surface area contributed by atoms with E-state index in [-0.39, 0.29) is 16.8 Å². The van der Waals surface area contributed by atoms with Gasteiger partial charge in [0.1, 0.15) is 5.82 Å². The molecule has 3 heteroatoms. The van der Waals surface area contributed by atoms with Crippen molar-refractivity contribution in [2.75, 3.05) is 18.0 Å². The summed E-state index contributed by atoms with van der Waals surface area (Å²) in [6, 6.07) is 5.48. The van der Waals surface area contributed by atoms with Gasteiger partial charge < -0.3 is 10.6 Å². The summed E-state index contributed by atoms with van der Waals surface area (Å²) >= 11 is 0. The fraction of sp³-hybridized carbons (Fsp3) is 0.625. The van der Waals surface area contributed by atoms with Crippen LogP contribution in [0.2, 0.25) is 0 Å². The summed E-state index contributed by atoms with van der Waals surface area (Å²) in [6.45, 7) is 5.78. The molecule has 1 spiro atoms. The highest BCUT2D eigenvalue weighted by Crippen LogP contribution is 2.51. The molecule has 0 saturated heterocycles. The number of nitrogens with two attached hydrogens (primary N) is 1. The molecule has 0 atom stereocenters. The third-order valence-electron chi connectivity index (χ3n) is 4.52. The molecule has 0 radical (unpaired) electrons. The largest absolute Gasteiger partial charge is 0.368 e. The molecule has 0 bridgehead atoms. The van der Waals surface area contributed by atoms with Gasteiger partial charge in [0.2, 0.25) is 0 Å². The first-order valence-electron chi connectivity index (χ1n) is 7.24. The molecule has 0 aromatic heterocycles. The van der Waals surface area contributed by atoms with E-state index in [9.17, 15) is 4.39 Å². The molecule has 1 aromatic rings. The summed E-state index contributed by atoms with van der Waals surface area (Å²) in [6.07, 6.45) is 4.66. The summed E-state index contributed by atoms with van der Waals surface area (Å²) < 4.78 is 14.3. The van der Waals surface area contributed by atoms with E-state index in [4.69, 9.17) is 5.73 Å². The van der Waals surface area contributed by atoms with Gasteiger partial charge in [0.15, 0.2) is 0 Å². The van der Waals surface area contributed by atoms with Crippen LogP contribution in [-0.4, -0.2) is 18.6 Å². The van der Waals surface area contributed by atoms with E-state index in [1.807, 2.05) is 19.9 Å². The second-order valence-corrected chi connectivity index (χ2v) is 6.97. The highest BCUT2D eigenvalue weighted by atomic mass is 19.1. The van der Waals surface area contributed by atoms with Crippen LogP contribution in [0.3, 0.4) is 0 Å². The molecule has 1 fully saturated rings. The van der Waals surface area contributed by atoms with Gasteiger partial charge in [0.05, 0.1) is 0 Å². The van der Waals surface area contributed by atoms with Gasteiger partial charge in [0, 0.05) is 35.3 Å². The monoisotopic (exact) mass is 262 g/mol. The molecule has 1 saturated carbocycles. The molecule has 1 heterocycles. The molecule has 3 rings (SSSR count). The Hall–Kier alpha value is -1.09. The second kappa shape index (κ2) is 4.20. The van der Waals surface area contributed by atoms with Crippen LogP contribution >= 0.6 is 0 Å². The lowest BCUT2D eigenvalue weighted by atomic mass is 9.80. The lowest BCUT2D eigenvalue weighted by Gasteiger charge is -2.30. The molecule has 19 heavy (non-hydrogen) atoms. The van der Waals surface area contributed by atoms with Crippen LogP contribution in [0.5, 0.6) is 0 Å². The molecular formula is C16H23FN2. The predicted molar refractivity (Wildman–Crippen MR) is 77.0 cm³/mol. The molecule has 0 amide bonds. The summed E-state index contributed by atoms with van der Waals surface area (Å²) in [5.41, 5.74) is 7.98. The highest BCUT2D eigenvalue weighted by molar-refractivity contribution is 5.63. The summed E-state index contributed by atoms with van der Waals surface area (Å²) in [5, 5.41) is 0. The third-order valence-corrected chi connectivity index (χ3v) is 4.52. The van der Waals surface area contributed by atoms with E-state index in [0.29, 0.717) is 0 Å². The first-order chi connectivity index (χ1) is 8.91. The smallest absolute Gasteiger partial charge is 0.129 e. The SMILES string of the molecule is CC(C)(N)CN1CC2(CCCC2)c2c(F)cccc21. The quantitative estimate of drug-likeness (QED) is 0.887. The van der Waals surface area contributed by atoms with Crippen LogP contribution in [0.25, 0.3) is 0 Å². The van der Waals surface area contributed by atoms with Gasteiger partial charge in [-0.2, -0.15) is 0 Å². The van der Waals surface area contributed by atoms with Crippen molar-refractivity contribution >= 4 is 5.69 Å². The van der Waals surface area contributed by atoms with E-state index >= 15 is 0 Å². The molecular weight excluding hydrogens is 239 g/mol. The Bertz CT molecular complexity index is 484. The van der Waals surface area contributed by atoms with Gasteiger partial charge in [-0.15, -0.1) is 0 Å². The number of rotatable bonds is 2. The van der Waals surface area contributed by atoms with Crippen molar-refractivity contribution in [1.29, 1.82) is 0 Å². The summed E-state index contributed by atoms with van der Waals surface area (Å²) in [4.78, 5) is 2.30. The van der Waals surface area contributed by atoms with Crippen molar-refractivity contribution in [2.24, 2.45) is 5.73 Å². The highest BCUT2D eigenvalue weighted by Gasteiger charge is 2.46. The van der Waals surface area contributed by atoms with Crippen molar-refractivity contribution in [3.8, 4) is 0 Å². The fourth-order valence-electron chi connectivity index (χ4n) is 3.92. The van der Waals surface area contributed by atoms with E-state index in [1.165, 1.54) is 12.8 Å². The van der Waals surface area contributed by atoms with Gasteiger partial charge in [-0.1, -0.05) is 18.9 Å². The Kier molecular flexibility index (Phi) is 2.86. The average molecular weight is 262 g/mol. The molecule has 1 aromatic carbocycles. The minimum atomic E-state index is -0.256. The summed E-state index contributed by atoms with van der Waals surface area (Å²) in [7, 11) is 0. The number of nitrogens with zero attached hydrogens (tertiary/aromatic N) is 1. The molecule has 2 aliphatic rings. The second-order valence-electron chi connectivity index (χ2n) is 6.97. The number of hydrogen-bond acceptors (Lipinski definition) is 2. The lowest BCUT2D eigenvalue weighted by molar-refractivity contribution is 0.426. The zero-order valence-corrected chi connectivity index (χ0v) is 11.9. The Morgan fingerprint density at radius 2 is 2.00 bits per heavy atom. The Labute approximate surface area is 114 Å². The topological polar surface area (TPSA) is 29.3 Å². The van der Waals surface area contributed by atoms with Crippen LogP contribution in [0.4, 0.5) is 10.1 Å². The third kappa shape index (κ3) is 2.14. The maximum Gasteiger partial charge on any atom is 0.129 e. The Morgan fingerprint density at radius 3 is 2.63 bits per heavy atom. The number of hydrogen-bond donors (Lipinski definition) is 1. The van der Waals surface area contributed by atoms with Crippen LogP contribution in [0, 0.1) is 5.82 Å². The normalized spacial score (nSPS) is 21.2. The average Bonchev–Trinajstić information content (AvgIpc) is 2.86. The fourth-order valence-corrected chi connectivity index (χ4v) is 3.92. The standard InChI is InChI=1S/C16H23FN2/c1-15(2,18)10-19-11-16(8-3-4-9-16)14-12(17)6-5-7-13(14)19/h5-7H,3-4,8-11,18H2,1-2H3. The predicted octanol–water partition coefficient (Wildman–Crippen LogP) is 3.19. The first kappa shape index (κ1) is 12.9. The van der Waals surface area contributed by atoms with Gasteiger partial charge in [-0.3, -0.25) is 0 Å². The molecule has 104 valence electrons. The first-order valence-corrected chi connectivity index (χ1v) is 7.24. The molecule has 2 nitrogen and oxygen atoms in total. The van der Waals surface area contributed by atoms with Crippen molar-refractivity contribution in [3.63, 3.8) is 0 Å². The van der Waals surface area contributed by atoms with E-state index in [1.54, 1.807) is 6.07 Å². The van der Waals surface area contributed by atoms with E-state index in [0.717, 1.165) is 37.2 Å². The van der Waals surface area contributed by atoms with E-state index in [2.05, 4.69) is 11.0 Å². The maximum atomic E-state index is 14.3. The number of benzene rings is 1. The van der Waals surface area contributed by atoms with Crippen LogP contribution in [0.1, 0.15) is 45.1 Å². The van der Waals surface area contributed by atoms with Gasteiger partial charge in [-0.25, -0.2) is 4.39 Å². The molecule has 1 aliphatic heterocycles. The minimum absolute atomic E-state index is 0.0308. The summed E-state index contributed by atoms with van der Waals surface area (Å²) in [5.74, 6) is -0.0308. The molecule has 1 aliphatic carbocycles. The maximum absolute atomic E-state index is 14.3. The van der Waals surface area contributed by atoms with Gasteiger partial charge in [-0.05, 0) is 38.8 Å². The Morgan fingerprint density at radius 1 is 1.32 bits per heavy atom. The van der Waals surface area contributed by atoms with Gasteiger partial charge >= 0.3 is 0 Å². The van der Waals surface area contributed by atoms with Crippen LogP contribution in [0.15, 0.2) is 18.2 Å².